The Hall–Kier alpha value is 0.0143. The standard InChI is InChI=1S/2C3H6O.C3H8O.Ti/c2*1-3(2)4;1-2-3-4;/h2*1-2H3;4H,2-3H2,1H3;. The molecule has 78 valence electrons. The first-order valence-corrected chi connectivity index (χ1v) is 3.93. The van der Waals surface area contributed by atoms with Crippen molar-refractivity contribution in [1.82, 2.24) is 0 Å². The van der Waals surface area contributed by atoms with Gasteiger partial charge in [0.05, 0.1) is 0 Å². The predicted octanol–water partition coefficient (Wildman–Crippen LogP) is 1.58. The Balaban J connectivity index is -0.0000000450. The molecule has 3 nitrogen and oxygen atoms in total. The Bertz CT molecular complexity index is 91.4. The number of carbonyl (C=O) groups is 2. The molecule has 0 bridgehead atoms. The summed E-state index contributed by atoms with van der Waals surface area (Å²) < 4.78 is 0. The van der Waals surface area contributed by atoms with Crippen LogP contribution in [0, 0.1) is 0 Å². The van der Waals surface area contributed by atoms with Crippen molar-refractivity contribution in [3.63, 3.8) is 0 Å². The Morgan fingerprint density at radius 3 is 1.08 bits per heavy atom. The fourth-order valence-corrected chi connectivity index (χ4v) is 0. The van der Waals surface area contributed by atoms with E-state index < -0.39 is 0 Å². The predicted molar refractivity (Wildman–Crippen MR) is 50.1 cm³/mol. The molecule has 0 aromatic carbocycles. The number of hydrogen-bond donors (Lipinski definition) is 1. The van der Waals surface area contributed by atoms with E-state index in [2.05, 4.69) is 0 Å². The Labute approximate surface area is 95.8 Å². The van der Waals surface area contributed by atoms with Gasteiger partial charge in [0.2, 0.25) is 0 Å². The average molecular weight is 224 g/mol. The van der Waals surface area contributed by atoms with Crippen LogP contribution in [0.25, 0.3) is 0 Å². The first-order chi connectivity index (χ1) is 5.38. The molecule has 0 saturated carbocycles. The molecule has 0 unspecified atom stereocenters. The van der Waals surface area contributed by atoms with Crippen LogP contribution in [0.1, 0.15) is 41.0 Å². The molecule has 0 aromatic rings. The molecular weight excluding hydrogens is 204 g/mol. The summed E-state index contributed by atoms with van der Waals surface area (Å²) in [6.07, 6.45) is 0.875. The Morgan fingerprint density at radius 1 is 1.00 bits per heavy atom. The van der Waals surface area contributed by atoms with E-state index in [9.17, 15) is 9.59 Å². The molecule has 4 heteroatoms. The second-order valence-corrected chi connectivity index (χ2v) is 2.54. The molecule has 0 aliphatic carbocycles. The monoisotopic (exact) mass is 224 g/mol. The first-order valence-electron chi connectivity index (χ1n) is 3.93. The molecule has 0 atom stereocenters. The molecular formula is C9H20O3Ti. The van der Waals surface area contributed by atoms with Gasteiger partial charge in [-0.15, -0.1) is 0 Å². The summed E-state index contributed by atoms with van der Waals surface area (Å²) in [7, 11) is 0. The van der Waals surface area contributed by atoms with Crippen LogP contribution in [0.3, 0.4) is 0 Å². The smallest absolute Gasteiger partial charge is 0.126 e. The summed E-state index contributed by atoms with van der Waals surface area (Å²) in [5.74, 6) is 0.333. The van der Waals surface area contributed by atoms with E-state index in [1.807, 2.05) is 6.92 Å². The van der Waals surface area contributed by atoms with E-state index in [1.54, 1.807) is 0 Å². The van der Waals surface area contributed by atoms with E-state index in [4.69, 9.17) is 5.11 Å². The second kappa shape index (κ2) is 22.7. The largest absolute Gasteiger partial charge is 0.396 e. The van der Waals surface area contributed by atoms with E-state index in [-0.39, 0.29) is 33.3 Å². The summed E-state index contributed by atoms with van der Waals surface area (Å²) in [5, 5.41) is 7.88. The van der Waals surface area contributed by atoms with Gasteiger partial charge in [0.1, 0.15) is 11.6 Å². The van der Waals surface area contributed by atoms with Crippen molar-refractivity contribution >= 4 is 11.6 Å². The van der Waals surface area contributed by atoms with Gasteiger partial charge in [0.15, 0.2) is 0 Å². The number of aliphatic hydroxyl groups excluding tert-OH is 1. The van der Waals surface area contributed by atoms with E-state index >= 15 is 0 Å². The zero-order valence-corrected chi connectivity index (χ0v) is 10.7. The minimum Gasteiger partial charge on any atom is -0.396 e. The van der Waals surface area contributed by atoms with Crippen molar-refractivity contribution in [3.05, 3.63) is 0 Å². The minimum absolute atomic E-state index is 0. The third kappa shape index (κ3) is 1170. The van der Waals surface area contributed by atoms with Gasteiger partial charge in [-0.1, -0.05) is 6.92 Å². The van der Waals surface area contributed by atoms with Gasteiger partial charge < -0.3 is 14.7 Å². The first kappa shape index (κ1) is 23.1. The van der Waals surface area contributed by atoms with Crippen molar-refractivity contribution < 1.29 is 36.4 Å². The third-order valence-electron chi connectivity index (χ3n) is 0.224. The molecule has 0 amide bonds. The van der Waals surface area contributed by atoms with Gasteiger partial charge >= 0.3 is 0 Å². The number of rotatable bonds is 1. The van der Waals surface area contributed by atoms with Crippen LogP contribution >= 0.6 is 0 Å². The SMILES string of the molecule is CC(C)=O.CC(C)=O.CCCO.[Ti]. The Morgan fingerprint density at radius 2 is 1.08 bits per heavy atom. The van der Waals surface area contributed by atoms with Crippen molar-refractivity contribution in [1.29, 1.82) is 0 Å². The molecule has 0 rings (SSSR count). The van der Waals surface area contributed by atoms with Crippen LogP contribution < -0.4 is 0 Å². The topological polar surface area (TPSA) is 54.4 Å². The fourth-order valence-electron chi connectivity index (χ4n) is 0. The van der Waals surface area contributed by atoms with Crippen LogP contribution in [0.5, 0.6) is 0 Å². The van der Waals surface area contributed by atoms with Crippen LogP contribution in [-0.2, 0) is 31.3 Å². The molecule has 0 aliphatic heterocycles. The molecule has 13 heavy (non-hydrogen) atoms. The van der Waals surface area contributed by atoms with E-state index in [1.165, 1.54) is 27.7 Å². The van der Waals surface area contributed by atoms with Gasteiger partial charge in [0, 0.05) is 28.3 Å². The van der Waals surface area contributed by atoms with Crippen molar-refractivity contribution in [2.75, 3.05) is 6.61 Å². The summed E-state index contributed by atoms with van der Waals surface area (Å²) in [6.45, 7) is 8.36. The number of hydrogen-bond acceptors (Lipinski definition) is 3. The maximum Gasteiger partial charge on any atom is 0.126 e. The summed E-state index contributed by atoms with van der Waals surface area (Å²) >= 11 is 0. The zero-order valence-electron chi connectivity index (χ0n) is 9.18. The number of carbonyl (C=O) groups excluding carboxylic acids is 2. The minimum atomic E-state index is 0. The fraction of sp³-hybridized carbons (Fsp3) is 0.778. The van der Waals surface area contributed by atoms with Gasteiger partial charge in [-0.2, -0.15) is 0 Å². The molecule has 0 saturated heterocycles. The molecule has 0 aromatic heterocycles. The maximum absolute atomic E-state index is 9.44. The van der Waals surface area contributed by atoms with Crippen molar-refractivity contribution in [3.8, 4) is 0 Å². The Kier molecular flexibility index (Phi) is 40.4. The number of Topliss-reactive ketones (excluding diaryl/α,β-unsaturated/α-hetero) is 2. The van der Waals surface area contributed by atoms with Crippen molar-refractivity contribution in [2.24, 2.45) is 0 Å². The zero-order chi connectivity index (χ0) is 10.6. The summed E-state index contributed by atoms with van der Waals surface area (Å²) in [5.41, 5.74) is 0. The van der Waals surface area contributed by atoms with Gasteiger partial charge in [-0.05, 0) is 34.1 Å². The van der Waals surface area contributed by atoms with Crippen molar-refractivity contribution in [2.45, 2.75) is 41.0 Å². The third-order valence-corrected chi connectivity index (χ3v) is 0.224. The quantitative estimate of drug-likeness (QED) is 0.688. The van der Waals surface area contributed by atoms with Crippen LogP contribution in [0.15, 0.2) is 0 Å². The number of ketones is 2. The van der Waals surface area contributed by atoms with E-state index in [0.717, 1.165) is 6.42 Å². The second-order valence-electron chi connectivity index (χ2n) is 2.54. The van der Waals surface area contributed by atoms with Crippen LogP contribution in [0.4, 0.5) is 0 Å². The van der Waals surface area contributed by atoms with Gasteiger partial charge in [0.25, 0.3) is 0 Å². The molecule has 0 aliphatic rings. The maximum atomic E-state index is 9.44. The number of aliphatic hydroxyl groups is 1. The molecule has 0 spiro atoms. The van der Waals surface area contributed by atoms with Crippen LogP contribution in [-0.4, -0.2) is 23.3 Å². The summed E-state index contributed by atoms with van der Waals surface area (Å²) in [4.78, 5) is 18.9. The van der Waals surface area contributed by atoms with E-state index in [0.29, 0.717) is 6.61 Å². The molecule has 0 radical (unpaired) electrons. The molecule has 0 fully saturated rings. The normalized spacial score (nSPS) is 6.31. The average Bonchev–Trinajstić information content (AvgIpc) is 1.85. The molecule has 1 N–H and O–H groups in total. The van der Waals surface area contributed by atoms with Crippen LogP contribution in [0.2, 0.25) is 0 Å². The van der Waals surface area contributed by atoms with Gasteiger partial charge in [-0.25, -0.2) is 0 Å². The summed E-state index contributed by atoms with van der Waals surface area (Å²) in [6, 6.07) is 0. The van der Waals surface area contributed by atoms with Gasteiger partial charge in [-0.3, -0.25) is 0 Å². The molecule has 0 heterocycles.